The summed E-state index contributed by atoms with van der Waals surface area (Å²) in [5, 5.41) is 18.7. The van der Waals surface area contributed by atoms with Gasteiger partial charge >= 0.3 is 11.9 Å². The van der Waals surface area contributed by atoms with Gasteiger partial charge in [-0.3, -0.25) is 9.69 Å². The number of carbonyl (C=O) groups excluding carboxylic acids is 1. The van der Waals surface area contributed by atoms with Gasteiger partial charge in [0.15, 0.2) is 5.17 Å². The number of hydrogen-bond acceptors (Lipinski definition) is 5. The summed E-state index contributed by atoms with van der Waals surface area (Å²) in [4.78, 5) is 41.5. The number of carboxylic acids is 2. The lowest BCUT2D eigenvalue weighted by Gasteiger charge is -2.10. The van der Waals surface area contributed by atoms with Crippen LogP contribution in [0.2, 0.25) is 0 Å². The summed E-state index contributed by atoms with van der Waals surface area (Å²) in [5.41, 5.74) is 4.50. The van der Waals surface area contributed by atoms with Gasteiger partial charge in [-0.1, -0.05) is 0 Å². The maximum absolute atomic E-state index is 12.8. The Bertz CT molecular complexity index is 1370. The summed E-state index contributed by atoms with van der Waals surface area (Å²) in [7, 11) is 1.65. The van der Waals surface area contributed by atoms with Crippen LogP contribution in [0.3, 0.4) is 0 Å². The summed E-state index contributed by atoms with van der Waals surface area (Å²) >= 11 is 1.25. The number of rotatable bonds is 5. The molecule has 172 valence electrons. The number of hydrogen-bond donors (Lipinski definition) is 2. The average molecular weight is 476 g/mol. The van der Waals surface area contributed by atoms with Crippen LogP contribution in [0, 0.1) is 13.8 Å². The van der Waals surface area contributed by atoms with Crippen LogP contribution in [0.5, 0.6) is 0 Å². The summed E-state index contributed by atoms with van der Waals surface area (Å²) in [6, 6.07) is 14.7. The summed E-state index contributed by atoms with van der Waals surface area (Å²) in [6.45, 7) is 3.89. The molecule has 0 unspecified atom stereocenters. The molecule has 1 amide bonds. The first-order chi connectivity index (χ1) is 16.2. The van der Waals surface area contributed by atoms with Gasteiger partial charge in [-0.15, -0.1) is 0 Å². The second kappa shape index (κ2) is 9.03. The molecular formula is C25H21N3O5S. The number of nitrogens with zero attached hydrogens (tertiary/aromatic N) is 3. The van der Waals surface area contributed by atoms with E-state index in [-0.39, 0.29) is 17.0 Å². The van der Waals surface area contributed by atoms with E-state index in [2.05, 4.69) is 4.99 Å². The number of thioether (sulfide) groups is 1. The first-order valence-electron chi connectivity index (χ1n) is 10.3. The number of benzene rings is 2. The molecule has 0 aliphatic carbocycles. The first kappa shape index (κ1) is 23.1. The lowest BCUT2D eigenvalue weighted by molar-refractivity contribution is -0.121. The fourth-order valence-corrected chi connectivity index (χ4v) is 4.64. The zero-order valence-corrected chi connectivity index (χ0v) is 19.5. The predicted molar refractivity (Wildman–Crippen MR) is 131 cm³/mol. The molecule has 34 heavy (non-hydrogen) atoms. The third-order valence-corrected chi connectivity index (χ3v) is 6.53. The van der Waals surface area contributed by atoms with E-state index in [1.807, 2.05) is 30.6 Å². The smallest absolute Gasteiger partial charge is 0.335 e. The van der Waals surface area contributed by atoms with Crippen molar-refractivity contribution in [2.45, 2.75) is 13.8 Å². The van der Waals surface area contributed by atoms with Crippen LogP contribution in [0.15, 0.2) is 64.5 Å². The monoisotopic (exact) mass is 475 g/mol. The highest BCUT2D eigenvalue weighted by atomic mass is 32.2. The van der Waals surface area contributed by atoms with Gasteiger partial charge in [-0.2, -0.15) is 0 Å². The second-order valence-electron chi connectivity index (χ2n) is 7.74. The largest absolute Gasteiger partial charge is 0.478 e. The molecule has 2 heterocycles. The predicted octanol–water partition coefficient (Wildman–Crippen LogP) is 4.72. The van der Waals surface area contributed by atoms with E-state index in [1.165, 1.54) is 28.8 Å². The molecule has 0 atom stereocenters. The van der Waals surface area contributed by atoms with Crippen molar-refractivity contribution >= 4 is 46.5 Å². The number of carboxylic acid groups (broad SMARTS) is 2. The van der Waals surface area contributed by atoms with Crippen molar-refractivity contribution in [3.05, 3.63) is 87.6 Å². The molecule has 1 aliphatic rings. The van der Waals surface area contributed by atoms with Crippen molar-refractivity contribution in [1.82, 2.24) is 9.47 Å². The molecule has 1 saturated heterocycles. The Hall–Kier alpha value is -4.11. The molecule has 0 saturated carbocycles. The van der Waals surface area contributed by atoms with Crippen LogP contribution in [0.4, 0.5) is 5.69 Å². The van der Waals surface area contributed by atoms with Crippen LogP contribution in [-0.2, 0) is 4.79 Å². The molecule has 1 fully saturated rings. The van der Waals surface area contributed by atoms with Gasteiger partial charge < -0.3 is 14.8 Å². The standard InChI is InChI=1S/C25H21N3O5S/c1-14-12-18(15(2)28(14)20-10-6-17(7-11-20)24(32)33)13-21-22(29)27(3)25(34-21)26-19-8-4-16(5-9-19)23(30)31/h4-13H,1-3H3,(H,30,31)(H,32,33)/b21-13-,26-25?. The van der Waals surface area contributed by atoms with Gasteiger partial charge in [0, 0.05) is 24.1 Å². The SMILES string of the molecule is Cc1cc(/C=C2\SC(=Nc3ccc(C(=O)O)cc3)N(C)C2=O)c(C)n1-c1ccc(C(=O)O)cc1. The summed E-state index contributed by atoms with van der Waals surface area (Å²) in [5.74, 6) is -2.17. The third-order valence-electron chi connectivity index (χ3n) is 5.47. The fraction of sp³-hybridized carbons (Fsp3) is 0.120. The Morgan fingerprint density at radius 3 is 2.06 bits per heavy atom. The fourth-order valence-electron chi connectivity index (χ4n) is 3.67. The number of aliphatic imine (C=N–C) groups is 1. The van der Waals surface area contributed by atoms with E-state index in [0.29, 0.717) is 15.8 Å². The van der Waals surface area contributed by atoms with Gasteiger partial charge in [0.2, 0.25) is 0 Å². The average Bonchev–Trinajstić information content (AvgIpc) is 3.23. The molecule has 3 aromatic rings. The zero-order valence-electron chi connectivity index (χ0n) is 18.6. The highest BCUT2D eigenvalue weighted by Gasteiger charge is 2.30. The molecular weight excluding hydrogens is 454 g/mol. The molecule has 0 radical (unpaired) electrons. The minimum atomic E-state index is -1.01. The lowest BCUT2D eigenvalue weighted by atomic mass is 10.2. The topological polar surface area (TPSA) is 112 Å². The Kier molecular flexibility index (Phi) is 6.12. The van der Waals surface area contributed by atoms with Crippen molar-refractivity contribution in [2.24, 2.45) is 4.99 Å². The van der Waals surface area contributed by atoms with Gasteiger partial charge in [-0.05, 0) is 91.8 Å². The van der Waals surface area contributed by atoms with Crippen LogP contribution in [-0.4, -0.2) is 49.7 Å². The van der Waals surface area contributed by atoms with Crippen molar-refractivity contribution in [3.8, 4) is 5.69 Å². The van der Waals surface area contributed by atoms with E-state index >= 15 is 0 Å². The summed E-state index contributed by atoms with van der Waals surface area (Å²) in [6.07, 6.45) is 1.82. The van der Waals surface area contributed by atoms with Crippen LogP contribution in [0.1, 0.15) is 37.7 Å². The maximum Gasteiger partial charge on any atom is 0.335 e. The molecule has 1 aliphatic heterocycles. The molecule has 1 aromatic heterocycles. The normalized spacial score (nSPS) is 16.0. The number of likely N-dealkylation sites (N-methyl/N-ethyl adjacent to an activating group) is 1. The van der Waals surface area contributed by atoms with E-state index in [0.717, 1.165) is 22.6 Å². The van der Waals surface area contributed by atoms with E-state index in [9.17, 15) is 14.4 Å². The minimum Gasteiger partial charge on any atom is -0.478 e. The lowest BCUT2D eigenvalue weighted by Crippen LogP contribution is -2.23. The van der Waals surface area contributed by atoms with Gasteiger partial charge in [0.05, 0.1) is 21.7 Å². The Morgan fingerprint density at radius 2 is 1.50 bits per heavy atom. The molecule has 2 aromatic carbocycles. The molecule has 9 heteroatoms. The Labute approximate surface area is 199 Å². The van der Waals surface area contributed by atoms with Gasteiger partial charge in [0.25, 0.3) is 5.91 Å². The number of amides is 1. The first-order valence-corrected chi connectivity index (χ1v) is 11.1. The number of amidine groups is 1. The van der Waals surface area contributed by atoms with Crippen LogP contribution >= 0.6 is 11.8 Å². The number of aromatic carboxylic acids is 2. The Balaban J connectivity index is 1.63. The van der Waals surface area contributed by atoms with Crippen LogP contribution in [0.25, 0.3) is 11.8 Å². The Morgan fingerprint density at radius 1 is 0.941 bits per heavy atom. The highest BCUT2D eigenvalue weighted by molar-refractivity contribution is 8.18. The zero-order chi connectivity index (χ0) is 24.6. The van der Waals surface area contributed by atoms with Crippen molar-refractivity contribution in [1.29, 1.82) is 0 Å². The molecule has 2 N–H and O–H groups in total. The van der Waals surface area contributed by atoms with E-state index in [1.54, 1.807) is 43.4 Å². The van der Waals surface area contributed by atoms with Crippen LogP contribution < -0.4 is 0 Å². The highest BCUT2D eigenvalue weighted by Crippen LogP contribution is 2.34. The second-order valence-corrected chi connectivity index (χ2v) is 8.74. The molecule has 0 bridgehead atoms. The number of aromatic nitrogens is 1. The molecule has 0 spiro atoms. The van der Waals surface area contributed by atoms with Crippen molar-refractivity contribution in [2.75, 3.05) is 7.05 Å². The molecule has 4 rings (SSSR count). The summed E-state index contributed by atoms with van der Waals surface area (Å²) < 4.78 is 2.00. The van der Waals surface area contributed by atoms with Crippen molar-refractivity contribution < 1.29 is 24.6 Å². The third kappa shape index (κ3) is 4.38. The van der Waals surface area contributed by atoms with E-state index < -0.39 is 11.9 Å². The number of carbonyl (C=O) groups is 3. The van der Waals surface area contributed by atoms with Gasteiger partial charge in [0.1, 0.15) is 0 Å². The van der Waals surface area contributed by atoms with E-state index in [4.69, 9.17) is 10.2 Å². The quantitative estimate of drug-likeness (QED) is 0.516. The number of aryl methyl sites for hydroxylation is 1. The van der Waals surface area contributed by atoms with Crippen molar-refractivity contribution in [3.63, 3.8) is 0 Å². The van der Waals surface area contributed by atoms with Gasteiger partial charge in [-0.25, -0.2) is 14.6 Å². The maximum atomic E-state index is 12.8. The minimum absolute atomic E-state index is 0.168. The molecule has 8 nitrogen and oxygen atoms in total.